The molecular formula is C20H27N3O6. The number of nitrogens with zero attached hydrogens (tertiary/aromatic N) is 3. The van der Waals surface area contributed by atoms with E-state index in [-0.39, 0.29) is 13.1 Å². The van der Waals surface area contributed by atoms with E-state index in [0.29, 0.717) is 44.8 Å². The van der Waals surface area contributed by atoms with Crippen LogP contribution in [0.4, 0.5) is 5.82 Å². The minimum absolute atomic E-state index is 0.208. The van der Waals surface area contributed by atoms with Gasteiger partial charge in [-0.05, 0) is 31.9 Å². The van der Waals surface area contributed by atoms with Crippen molar-refractivity contribution in [1.29, 1.82) is 0 Å². The van der Waals surface area contributed by atoms with Crippen molar-refractivity contribution < 1.29 is 30.0 Å². The summed E-state index contributed by atoms with van der Waals surface area (Å²) in [6.07, 6.45) is 0.755. The van der Waals surface area contributed by atoms with E-state index in [1.807, 2.05) is 24.3 Å². The molecule has 2 fully saturated rings. The number of carbonyl (C=O) groups is 1. The lowest BCUT2D eigenvalue weighted by Gasteiger charge is -2.51. The number of hydrogen-bond donors (Lipinski definition) is 4. The summed E-state index contributed by atoms with van der Waals surface area (Å²) in [6.45, 7) is 2.98. The van der Waals surface area contributed by atoms with Crippen molar-refractivity contribution in [3.63, 3.8) is 0 Å². The first-order valence-corrected chi connectivity index (χ1v) is 9.60. The molecule has 9 heteroatoms. The maximum absolute atomic E-state index is 10.7. The predicted octanol–water partition coefficient (Wildman–Crippen LogP) is 0.694. The molecule has 0 amide bonds. The molecule has 2 saturated heterocycles. The molecule has 0 unspecified atom stereocenters. The first kappa shape index (κ1) is 21.4. The Morgan fingerprint density at radius 2 is 1.90 bits per heavy atom. The lowest BCUT2D eigenvalue weighted by atomic mass is 9.75. The summed E-state index contributed by atoms with van der Waals surface area (Å²) in [7, 11) is 0. The number of rotatable bonds is 2. The first-order chi connectivity index (χ1) is 13.9. The zero-order valence-electron chi connectivity index (χ0n) is 16.4. The lowest BCUT2D eigenvalue weighted by Crippen LogP contribution is -2.64. The number of aliphatic hydroxyl groups is 3. The average Bonchev–Trinajstić information content (AvgIpc) is 2.72. The van der Waals surface area contributed by atoms with Crippen LogP contribution in [-0.2, 0) is 16.1 Å². The van der Waals surface area contributed by atoms with Crippen LogP contribution in [0.25, 0.3) is 10.9 Å². The minimum atomic E-state index is -1.12. The largest absolute Gasteiger partial charge is 0.483 e. The molecule has 3 heterocycles. The van der Waals surface area contributed by atoms with E-state index in [1.54, 1.807) is 6.92 Å². The van der Waals surface area contributed by atoms with Crippen molar-refractivity contribution in [2.45, 2.75) is 50.1 Å². The third-order valence-corrected chi connectivity index (χ3v) is 5.77. The molecule has 2 aromatic rings. The number of benzene rings is 1. The number of para-hydroxylation sites is 1. The van der Waals surface area contributed by atoms with Crippen LogP contribution in [-0.4, -0.2) is 73.9 Å². The van der Waals surface area contributed by atoms with E-state index in [4.69, 9.17) is 14.6 Å². The van der Waals surface area contributed by atoms with Gasteiger partial charge in [-0.1, -0.05) is 12.1 Å². The Balaban J connectivity index is 0.000000755. The van der Waals surface area contributed by atoms with Crippen LogP contribution >= 0.6 is 0 Å². The highest BCUT2D eigenvalue weighted by Crippen LogP contribution is 2.41. The van der Waals surface area contributed by atoms with Crippen LogP contribution in [0.15, 0.2) is 24.3 Å². The number of ether oxygens (including phenoxy) is 1. The van der Waals surface area contributed by atoms with Crippen LogP contribution in [0.2, 0.25) is 0 Å². The molecule has 0 saturated carbocycles. The van der Waals surface area contributed by atoms with Gasteiger partial charge in [0.25, 0.3) is 6.47 Å². The van der Waals surface area contributed by atoms with Crippen LogP contribution in [0.1, 0.15) is 32.0 Å². The Morgan fingerprint density at radius 3 is 2.55 bits per heavy atom. The second kappa shape index (κ2) is 8.58. The van der Waals surface area contributed by atoms with Crippen molar-refractivity contribution in [3.8, 4) is 0 Å². The van der Waals surface area contributed by atoms with Crippen molar-refractivity contribution in [2.75, 3.05) is 24.6 Å². The lowest BCUT2D eigenvalue weighted by molar-refractivity contribution is -0.239. The van der Waals surface area contributed by atoms with Crippen molar-refractivity contribution in [3.05, 3.63) is 30.1 Å². The van der Waals surface area contributed by atoms with E-state index in [1.165, 1.54) is 0 Å². The van der Waals surface area contributed by atoms with Gasteiger partial charge in [-0.2, -0.15) is 0 Å². The second-order valence-corrected chi connectivity index (χ2v) is 7.65. The molecule has 2 aliphatic rings. The van der Waals surface area contributed by atoms with E-state index in [9.17, 15) is 15.3 Å². The summed E-state index contributed by atoms with van der Waals surface area (Å²) < 4.78 is 5.96. The molecule has 1 aromatic heterocycles. The fourth-order valence-corrected chi connectivity index (χ4v) is 4.18. The number of hydrogen-bond acceptors (Lipinski definition) is 8. The summed E-state index contributed by atoms with van der Waals surface area (Å²) in [6, 6.07) is 7.76. The van der Waals surface area contributed by atoms with E-state index < -0.39 is 17.3 Å². The van der Waals surface area contributed by atoms with Gasteiger partial charge in [0, 0.05) is 24.9 Å². The number of carboxylic acid groups (broad SMARTS) is 1. The Kier molecular flexibility index (Phi) is 6.33. The van der Waals surface area contributed by atoms with Gasteiger partial charge in [0.1, 0.15) is 24.1 Å². The van der Waals surface area contributed by atoms with Crippen LogP contribution < -0.4 is 4.90 Å². The van der Waals surface area contributed by atoms with Gasteiger partial charge >= 0.3 is 0 Å². The van der Waals surface area contributed by atoms with E-state index >= 15 is 0 Å². The molecule has 2 atom stereocenters. The number of aromatic nitrogens is 2. The third kappa shape index (κ3) is 4.18. The Bertz CT molecular complexity index is 851. The van der Waals surface area contributed by atoms with Gasteiger partial charge < -0.3 is 30.1 Å². The predicted molar refractivity (Wildman–Crippen MR) is 106 cm³/mol. The Morgan fingerprint density at radius 1 is 1.24 bits per heavy atom. The molecule has 158 valence electrons. The summed E-state index contributed by atoms with van der Waals surface area (Å²) in [5.74, 6) is 1.20. The average molecular weight is 405 g/mol. The van der Waals surface area contributed by atoms with Gasteiger partial charge in [0.05, 0.1) is 17.7 Å². The van der Waals surface area contributed by atoms with Crippen molar-refractivity contribution in [2.24, 2.45) is 0 Å². The third-order valence-electron chi connectivity index (χ3n) is 5.77. The molecule has 4 rings (SSSR count). The molecule has 1 aromatic carbocycles. The van der Waals surface area contributed by atoms with Crippen molar-refractivity contribution in [1.82, 2.24) is 9.97 Å². The number of aliphatic hydroxyl groups excluding tert-OH is 2. The topological polar surface area (TPSA) is 136 Å². The minimum Gasteiger partial charge on any atom is -0.483 e. The van der Waals surface area contributed by atoms with Gasteiger partial charge in [0.2, 0.25) is 0 Å². The monoisotopic (exact) mass is 405 g/mol. The molecule has 1 spiro atoms. The van der Waals surface area contributed by atoms with Gasteiger partial charge in [-0.15, -0.1) is 0 Å². The highest BCUT2D eigenvalue weighted by atomic mass is 16.5. The number of fused-ring (bicyclic) bond motifs is 1. The Hall–Kier alpha value is -2.33. The molecule has 0 radical (unpaired) electrons. The molecule has 29 heavy (non-hydrogen) atoms. The molecule has 0 aliphatic carbocycles. The van der Waals surface area contributed by atoms with Crippen LogP contribution in [0, 0.1) is 0 Å². The highest BCUT2D eigenvalue weighted by Gasteiger charge is 2.52. The number of anilines is 1. The smallest absolute Gasteiger partial charge is 0.290 e. The Labute approximate surface area is 168 Å². The quantitative estimate of drug-likeness (QED) is 0.532. The zero-order chi connectivity index (χ0) is 21.1. The fraction of sp³-hybridized carbons (Fsp3) is 0.550. The molecule has 2 aliphatic heterocycles. The first-order valence-electron chi connectivity index (χ1n) is 9.60. The SMILES string of the molecule is C[C@@]1(O)CCOC2(CCN(c3nc(CO)nc4ccccc34)CC2)[C@H]1O.O=CO. The normalized spacial score (nSPS) is 26.1. The van der Waals surface area contributed by atoms with Crippen molar-refractivity contribution >= 4 is 23.2 Å². The van der Waals surface area contributed by atoms with Gasteiger partial charge in [-0.25, -0.2) is 9.97 Å². The van der Waals surface area contributed by atoms with E-state index in [2.05, 4.69) is 14.9 Å². The maximum Gasteiger partial charge on any atom is 0.290 e. The fourth-order valence-electron chi connectivity index (χ4n) is 4.18. The second-order valence-electron chi connectivity index (χ2n) is 7.65. The maximum atomic E-state index is 10.7. The summed E-state index contributed by atoms with van der Waals surface area (Å²) in [4.78, 5) is 19.4. The number of piperidine rings is 1. The molecule has 0 bridgehead atoms. The van der Waals surface area contributed by atoms with Gasteiger partial charge in [-0.3, -0.25) is 4.79 Å². The summed E-state index contributed by atoms with van der Waals surface area (Å²) in [5.41, 5.74) is -1.02. The summed E-state index contributed by atoms with van der Waals surface area (Å²) >= 11 is 0. The highest BCUT2D eigenvalue weighted by molar-refractivity contribution is 5.89. The molecule has 9 nitrogen and oxygen atoms in total. The standard InChI is InChI=1S/C19H25N3O4.CH2O2/c1-18(25)8-11-26-19(17(18)24)6-9-22(10-7-19)16-13-4-2-3-5-14(13)20-15(12-23)21-16;2-1-3/h2-5,17,23-25H,6-12H2,1H3;1H,(H,2,3)/t17-,18+;/m0./s1. The molecule has 4 N–H and O–H groups in total. The summed E-state index contributed by atoms with van der Waals surface area (Å²) in [5, 5.41) is 38.4. The molecular weight excluding hydrogens is 378 g/mol. The van der Waals surface area contributed by atoms with Crippen LogP contribution in [0.5, 0.6) is 0 Å². The zero-order valence-corrected chi connectivity index (χ0v) is 16.4. The van der Waals surface area contributed by atoms with Gasteiger partial charge in [0.15, 0.2) is 5.82 Å². The van der Waals surface area contributed by atoms with E-state index in [0.717, 1.165) is 16.7 Å². The van der Waals surface area contributed by atoms with Crippen LogP contribution in [0.3, 0.4) is 0 Å².